The lowest BCUT2D eigenvalue weighted by molar-refractivity contribution is 0.624. The van der Waals surface area contributed by atoms with E-state index in [1.54, 1.807) is 6.07 Å². The van der Waals surface area contributed by atoms with Gasteiger partial charge in [-0.3, -0.25) is 0 Å². The van der Waals surface area contributed by atoms with Crippen molar-refractivity contribution in [1.82, 2.24) is 0 Å². The zero-order valence-electron chi connectivity index (χ0n) is 7.00. The molecule has 0 spiro atoms. The molecule has 2 nitrogen and oxygen atoms in total. The van der Waals surface area contributed by atoms with Crippen LogP contribution in [0.1, 0.15) is 11.1 Å². The fourth-order valence-corrected chi connectivity index (χ4v) is 0.984. The van der Waals surface area contributed by atoms with Crippen molar-refractivity contribution in [1.29, 1.82) is 0 Å². The predicted molar refractivity (Wildman–Crippen MR) is 56.7 cm³/mol. The second kappa shape index (κ2) is 7.09. The minimum atomic E-state index is -0.261. The molecule has 1 aromatic rings. The van der Waals surface area contributed by atoms with Gasteiger partial charge in [-0.25, -0.2) is 4.39 Å². The number of benzene rings is 1. The molecule has 0 aliphatic heterocycles. The van der Waals surface area contributed by atoms with E-state index in [2.05, 4.69) is 0 Å². The third kappa shape index (κ3) is 3.91. The fourth-order valence-electron chi connectivity index (χ4n) is 0.984. The molecule has 0 saturated heterocycles. The Morgan fingerprint density at radius 1 is 1.00 bits per heavy atom. The third-order valence-corrected chi connectivity index (χ3v) is 1.61. The largest absolute Gasteiger partial charge is 0.326 e. The monoisotopic (exact) mass is 226 g/mol. The van der Waals surface area contributed by atoms with Crippen LogP contribution in [0.5, 0.6) is 0 Å². The van der Waals surface area contributed by atoms with Gasteiger partial charge in [0, 0.05) is 13.1 Å². The van der Waals surface area contributed by atoms with Crippen molar-refractivity contribution in [2.75, 3.05) is 0 Å². The molecule has 0 fully saturated rings. The predicted octanol–water partition coefficient (Wildman–Crippen LogP) is 1.59. The average molecular weight is 227 g/mol. The molecule has 0 atom stereocenters. The van der Waals surface area contributed by atoms with Crippen LogP contribution in [0.15, 0.2) is 18.2 Å². The van der Waals surface area contributed by atoms with Gasteiger partial charge in [0.25, 0.3) is 0 Å². The first-order valence-corrected chi connectivity index (χ1v) is 3.45. The lowest BCUT2D eigenvalue weighted by Crippen LogP contribution is -2.06. The summed E-state index contributed by atoms with van der Waals surface area (Å²) in [4.78, 5) is 0. The van der Waals surface area contributed by atoms with Crippen LogP contribution in [0.25, 0.3) is 0 Å². The van der Waals surface area contributed by atoms with Gasteiger partial charge in [-0.15, -0.1) is 24.8 Å². The summed E-state index contributed by atoms with van der Waals surface area (Å²) < 4.78 is 12.6. The van der Waals surface area contributed by atoms with Crippen molar-refractivity contribution >= 4 is 24.8 Å². The average Bonchev–Trinajstić information content (AvgIpc) is 2.04. The van der Waals surface area contributed by atoms with Gasteiger partial charge in [-0.1, -0.05) is 6.07 Å². The van der Waals surface area contributed by atoms with Gasteiger partial charge >= 0.3 is 0 Å². The Bertz CT molecular complexity index is 256. The molecule has 0 unspecified atom stereocenters. The van der Waals surface area contributed by atoms with Crippen LogP contribution in [0.3, 0.4) is 0 Å². The standard InChI is InChI=1S/C8H11FN2.2ClH/c9-8-2-1-6(4-10)7(3-8)5-11;;/h1-3H,4-5,10-11H2;2*1H. The van der Waals surface area contributed by atoms with E-state index >= 15 is 0 Å². The van der Waals surface area contributed by atoms with Crippen molar-refractivity contribution < 1.29 is 4.39 Å². The van der Waals surface area contributed by atoms with E-state index in [4.69, 9.17) is 11.5 Å². The Kier molecular flexibility index (Phi) is 8.26. The van der Waals surface area contributed by atoms with E-state index in [-0.39, 0.29) is 30.6 Å². The molecule has 1 aromatic carbocycles. The summed E-state index contributed by atoms with van der Waals surface area (Å²) in [5, 5.41) is 0. The normalized spacial score (nSPS) is 8.54. The maximum atomic E-state index is 12.6. The van der Waals surface area contributed by atoms with Crippen LogP contribution in [0.2, 0.25) is 0 Å². The first-order valence-electron chi connectivity index (χ1n) is 3.45. The first kappa shape index (κ1) is 15.1. The minimum Gasteiger partial charge on any atom is -0.326 e. The fraction of sp³-hybridized carbons (Fsp3) is 0.250. The van der Waals surface area contributed by atoms with E-state index < -0.39 is 0 Å². The Balaban J connectivity index is 0. The number of hydrogen-bond donors (Lipinski definition) is 2. The molecular weight excluding hydrogens is 214 g/mol. The maximum absolute atomic E-state index is 12.6. The topological polar surface area (TPSA) is 52.0 Å². The van der Waals surface area contributed by atoms with E-state index in [0.29, 0.717) is 13.1 Å². The van der Waals surface area contributed by atoms with E-state index in [1.165, 1.54) is 12.1 Å². The van der Waals surface area contributed by atoms with Crippen LogP contribution >= 0.6 is 24.8 Å². The molecule has 0 radical (unpaired) electrons. The van der Waals surface area contributed by atoms with Crippen LogP contribution in [-0.4, -0.2) is 0 Å². The first-order chi connectivity index (χ1) is 5.27. The Hall–Kier alpha value is -0.350. The van der Waals surface area contributed by atoms with Crippen LogP contribution in [0.4, 0.5) is 4.39 Å². The Morgan fingerprint density at radius 2 is 1.54 bits per heavy atom. The highest BCUT2D eigenvalue weighted by molar-refractivity contribution is 5.85. The van der Waals surface area contributed by atoms with Gasteiger partial charge in [0.1, 0.15) is 5.82 Å². The van der Waals surface area contributed by atoms with Crippen molar-refractivity contribution in [2.45, 2.75) is 13.1 Å². The Morgan fingerprint density at radius 3 is 2.00 bits per heavy atom. The van der Waals surface area contributed by atoms with E-state index in [0.717, 1.165) is 11.1 Å². The molecule has 76 valence electrons. The third-order valence-electron chi connectivity index (χ3n) is 1.61. The molecule has 0 bridgehead atoms. The van der Waals surface area contributed by atoms with Gasteiger partial charge in [-0.2, -0.15) is 0 Å². The number of rotatable bonds is 2. The van der Waals surface area contributed by atoms with Gasteiger partial charge in [0.2, 0.25) is 0 Å². The molecule has 0 heterocycles. The Labute approximate surface area is 89.3 Å². The summed E-state index contributed by atoms with van der Waals surface area (Å²) in [6, 6.07) is 4.47. The molecule has 4 N–H and O–H groups in total. The summed E-state index contributed by atoms with van der Waals surface area (Å²) >= 11 is 0. The van der Waals surface area contributed by atoms with Crippen molar-refractivity contribution in [3.63, 3.8) is 0 Å². The van der Waals surface area contributed by atoms with Crippen LogP contribution in [-0.2, 0) is 13.1 Å². The molecule has 0 amide bonds. The summed E-state index contributed by atoms with van der Waals surface area (Å²) in [5.74, 6) is -0.261. The van der Waals surface area contributed by atoms with Gasteiger partial charge in [0.15, 0.2) is 0 Å². The summed E-state index contributed by atoms with van der Waals surface area (Å²) in [6.45, 7) is 0.747. The maximum Gasteiger partial charge on any atom is 0.123 e. The second-order valence-corrected chi connectivity index (χ2v) is 2.32. The SMILES string of the molecule is Cl.Cl.NCc1ccc(F)cc1CN. The quantitative estimate of drug-likeness (QED) is 0.805. The molecule has 0 aromatic heterocycles. The summed E-state index contributed by atoms with van der Waals surface area (Å²) in [6.07, 6.45) is 0. The second-order valence-electron chi connectivity index (χ2n) is 2.32. The molecule has 0 aliphatic rings. The zero-order chi connectivity index (χ0) is 8.27. The lowest BCUT2D eigenvalue weighted by Gasteiger charge is -2.03. The molecule has 13 heavy (non-hydrogen) atoms. The molecule has 5 heteroatoms. The van der Waals surface area contributed by atoms with Crippen molar-refractivity contribution in [3.8, 4) is 0 Å². The van der Waals surface area contributed by atoms with Gasteiger partial charge in [0.05, 0.1) is 0 Å². The van der Waals surface area contributed by atoms with Gasteiger partial charge in [-0.05, 0) is 23.3 Å². The highest BCUT2D eigenvalue weighted by atomic mass is 35.5. The van der Waals surface area contributed by atoms with Crippen molar-refractivity contribution in [3.05, 3.63) is 35.1 Å². The highest BCUT2D eigenvalue weighted by Gasteiger charge is 1.99. The zero-order valence-corrected chi connectivity index (χ0v) is 8.63. The summed E-state index contributed by atoms with van der Waals surface area (Å²) in [5.41, 5.74) is 12.5. The van der Waals surface area contributed by atoms with Crippen LogP contribution in [0, 0.1) is 5.82 Å². The van der Waals surface area contributed by atoms with Gasteiger partial charge < -0.3 is 11.5 Å². The minimum absolute atomic E-state index is 0. The molecule has 0 saturated carbocycles. The molecule has 0 aliphatic carbocycles. The number of halogens is 3. The van der Waals surface area contributed by atoms with E-state index in [9.17, 15) is 4.39 Å². The number of nitrogens with two attached hydrogens (primary N) is 2. The lowest BCUT2D eigenvalue weighted by atomic mass is 10.1. The summed E-state index contributed by atoms with van der Waals surface area (Å²) in [7, 11) is 0. The highest BCUT2D eigenvalue weighted by Crippen LogP contribution is 2.09. The van der Waals surface area contributed by atoms with Crippen molar-refractivity contribution in [2.24, 2.45) is 11.5 Å². The molecular formula is C8H13Cl2FN2. The molecule has 1 rings (SSSR count). The van der Waals surface area contributed by atoms with E-state index in [1.807, 2.05) is 0 Å². The number of hydrogen-bond acceptors (Lipinski definition) is 2. The smallest absolute Gasteiger partial charge is 0.123 e. The van der Waals surface area contributed by atoms with Crippen LogP contribution < -0.4 is 11.5 Å².